The summed E-state index contributed by atoms with van der Waals surface area (Å²) in [5, 5.41) is 2.77. The number of nitrogens with one attached hydrogen (secondary N) is 2. The second kappa shape index (κ2) is 6.07. The molecule has 2 N–H and O–H groups in total. The number of carbonyl (C=O) groups excluding carboxylic acids is 1. The van der Waals surface area contributed by atoms with Crippen LogP contribution in [0.15, 0.2) is 33.6 Å². The Hall–Kier alpha value is -2.12. The maximum atomic E-state index is 12.4. The maximum Gasteiger partial charge on any atom is 0.259 e. The topological polar surface area (TPSA) is 88.4 Å². The molecule has 3 rings (SSSR count). The number of carbonyl (C=O) groups is 1. The molecule has 6 nitrogen and oxygen atoms in total. The molecular weight excluding hydrogens is 328 g/mol. The van der Waals surface area contributed by atoms with E-state index >= 15 is 0 Å². The molecule has 1 saturated carbocycles. The third-order valence-corrected chi connectivity index (χ3v) is 5.65. The standard InChI is InChI=1S/C17H20N2O4S/c1-10-11(2)23-12(3)16(10)17(20)18-13-6-8-15(9-7-13)24(21,22)19-14-4-5-14/h6-9,14,19H,4-5H2,1-3H3,(H,18,20). The molecule has 1 fully saturated rings. The first-order valence-electron chi connectivity index (χ1n) is 7.78. The van der Waals surface area contributed by atoms with E-state index in [9.17, 15) is 13.2 Å². The molecule has 2 aromatic rings. The fourth-order valence-electron chi connectivity index (χ4n) is 2.53. The van der Waals surface area contributed by atoms with Crippen LogP contribution in [0.3, 0.4) is 0 Å². The predicted octanol–water partition coefficient (Wildman–Crippen LogP) is 2.90. The van der Waals surface area contributed by atoms with E-state index in [1.54, 1.807) is 19.1 Å². The Labute approximate surface area is 141 Å². The molecule has 0 atom stereocenters. The highest BCUT2D eigenvalue weighted by Crippen LogP contribution is 2.24. The van der Waals surface area contributed by atoms with Gasteiger partial charge in [0.05, 0.1) is 10.5 Å². The van der Waals surface area contributed by atoms with Crippen LogP contribution in [0.25, 0.3) is 0 Å². The number of aryl methyl sites for hydroxylation is 2. The Bertz CT molecular complexity index is 878. The van der Waals surface area contributed by atoms with E-state index in [2.05, 4.69) is 10.0 Å². The smallest absolute Gasteiger partial charge is 0.259 e. The highest BCUT2D eigenvalue weighted by Gasteiger charge is 2.28. The van der Waals surface area contributed by atoms with Gasteiger partial charge in [0.25, 0.3) is 5.91 Å². The molecule has 128 valence electrons. The second-order valence-corrected chi connectivity index (χ2v) is 7.80. The summed E-state index contributed by atoms with van der Waals surface area (Å²) in [5.74, 6) is 1.01. The molecule has 1 aromatic heterocycles. The van der Waals surface area contributed by atoms with E-state index in [0.29, 0.717) is 22.8 Å². The molecular formula is C17H20N2O4S. The Morgan fingerprint density at radius 3 is 2.21 bits per heavy atom. The molecule has 1 aliphatic rings. The van der Waals surface area contributed by atoms with Gasteiger partial charge >= 0.3 is 0 Å². The van der Waals surface area contributed by atoms with Crippen LogP contribution in [0.4, 0.5) is 5.69 Å². The predicted molar refractivity (Wildman–Crippen MR) is 90.7 cm³/mol. The van der Waals surface area contributed by atoms with Gasteiger partial charge in [-0.25, -0.2) is 13.1 Å². The molecule has 1 amide bonds. The van der Waals surface area contributed by atoms with Crippen LogP contribution in [0.2, 0.25) is 0 Å². The van der Waals surface area contributed by atoms with Crippen LogP contribution in [0.1, 0.15) is 40.3 Å². The largest absolute Gasteiger partial charge is 0.466 e. The van der Waals surface area contributed by atoms with E-state index in [1.165, 1.54) is 12.1 Å². The van der Waals surface area contributed by atoms with E-state index in [1.807, 2.05) is 13.8 Å². The van der Waals surface area contributed by atoms with Crippen LogP contribution in [-0.2, 0) is 10.0 Å². The third kappa shape index (κ3) is 3.37. The van der Waals surface area contributed by atoms with Gasteiger partial charge in [0.1, 0.15) is 11.5 Å². The van der Waals surface area contributed by atoms with Gasteiger partial charge in [-0.3, -0.25) is 4.79 Å². The van der Waals surface area contributed by atoms with Crippen LogP contribution in [-0.4, -0.2) is 20.4 Å². The zero-order chi connectivity index (χ0) is 17.5. The zero-order valence-electron chi connectivity index (χ0n) is 13.8. The highest BCUT2D eigenvalue weighted by atomic mass is 32.2. The first-order valence-corrected chi connectivity index (χ1v) is 9.26. The molecule has 0 unspecified atom stereocenters. The van der Waals surface area contributed by atoms with Gasteiger partial charge in [0.2, 0.25) is 10.0 Å². The Morgan fingerprint density at radius 2 is 1.71 bits per heavy atom. The lowest BCUT2D eigenvalue weighted by atomic mass is 10.1. The minimum atomic E-state index is -3.48. The number of hydrogen-bond acceptors (Lipinski definition) is 4. The molecule has 0 aliphatic heterocycles. The molecule has 1 aromatic carbocycles. The van der Waals surface area contributed by atoms with E-state index in [-0.39, 0.29) is 16.8 Å². The maximum absolute atomic E-state index is 12.4. The van der Waals surface area contributed by atoms with Gasteiger partial charge < -0.3 is 9.73 Å². The van der Waals surface area contributed by atoms with Crippen LogP contribution < -0.4 is 10.0 Å². The van der Waals surface area contributed by atoms with Crippen molar-refractivity contribution in [1.29, 1.82) is 0 Å². The van der Waals surface area contributed by atoms with Gasteiger partial charge in [-0.15, -0.1) is 0 Å². The van der Waals surface area contributed by atoms with Crippen molar-refractivity contribution in [1.82, 2.24) is 4.72 Å². The highest BCUT2D eigenvalue weighted by molar-refractivity contribution is 7.89. The zero-order valence-corrected chi connectivity index (χ0v) is 14.7. The average Bonchev–Trinajstić information content (AvgIpc) is 3.26. The molecule has 24 heavy (non-hydrogen) atoms. The van der Waals surface area contributed by atoms with Crippen molar-refractivity contribution in [2.75, 3.05) is 5.32 Å². The van der Waals surface area contributed by atoms with Gasteiger partial charge in [-0.1, -0.05) is 0 Å². The molecule has 1 heterocycles. The van der Waals surface area contributed by atoms with Crippen LogP contribution >= 0.6 is 0 Å². The fourth-order valence-corrected chi connectivity index (χ4v) is 3.83. The van der Waals surface area contributed by atoms with E-state index in [4.69, 9.17) is 4.42 Å². The lowest BCUT2D eigenvalue weighted by Crippen LogP contribution is -2.25. The summed E-state index contributed by atoms with van der Waals surface area (Å²) in [7, 11) is -3.48. The fraction of sp³-hybridized carbons (Fsp3) is 0.353. The number of rotatable bonds is 5. The molecule has 0 radical (unpaired) electrons. The lowest BCUT2D eigenvalue weighted by molar-refractivity contribution is 0.102. The normalized spacial score (nSPS) is 14.6. The molecule has 0 saturated heterocycles. The summed E-state index contributed by atoms with van der Waals surface area (Å²) in [6.07, 6.45) is 1.77. The number of benzene rings is 1. The Kier molecular flexibility index (Phi) is 4.23. The van der Waals surface area contributed by atoms with Crippen molar-refractivity contribution in [2.24, 2.45) is 0 Å². The average molecular weight is 348 g/mol. The van der Waals surface area contributed by atoms with Gasteiger partial charge in [-0.2, -0.15) is 0 Å². The number of amides is 1. The van der Waals surface area contributed by atoms with Crippen molar-refractivity contribution in [3.05, 3.63) is 46.9 Å². The minimum absolute atomic E-state index is 0.0599. The summed E-state index contributed by atoms with van der Waals surface area (Å²) < 4.78 is 32.3. The van der Waals surface area contributed by atoms with Gasteiger partial charge in [0, 0.05) is 17.3 Å². The summed E-state index contributed by atoms with van der Waals surface area (Å²) in [4.78, 5) is 12.6. The quantitative estimate of drug-likeness (QED) is 0.869. The molecule has 7 heteroatoms. The van der Waals surface area contributed by atoms with Crippen LogP contribution in [0, 0.1) is 20.8 Å². The Morgan fingerprint density at radius 1 is 1.08 bits per heavy atom. The van der Waals surface area contributed by atoms with E-state index < -0.39 is 10.0 Å². The number of furan rings is 1. The number of sulfonamides is 1. The summed E-state index contributed by atoms with van der Waals surface area (Å²) in [6.45, 7) is 5.39. The van der Waals surface area contributed by atoms with Crippen LogP contribution in [0.5, 0.6) is 0 Å². The lowest BCUT2D eigenvalue weighted by Gasteiger charge is -2.08. The molecule has 0 bridgehead atoms. The SMILES string of the molecule is Cc1oc(C)c(C(=O)Nc2ccc(S(=O)(=O)NC3CC3)cc2)c1C. The monoisotopic (exact) mass is 348 g/mol. The van der Waals surface area contributed by atoms with Crippen molar-refractivity contribution in [2.45, 2.75) is 44.6 Å². The van der Waals surface area contributed by atoms with Gasteiger partial charge in [-0.05, 0) is 57.9 Å². The van der Waals surface area contributed by atoms with Crippen molar-refractivity contribution >= 4 is 21.6 Å². The summed E-state index contributed by atoms with van der Waals surface area (Å²) in [5.41, 5.74) is 1.85. The summed E-state index contributed by atoms with van der Waals surface area (Å²) >= 11 is 0. The molecule has 1 aliphatic carbocycles. The molecule has 0 spiro atoms. The van der Waals surface area contributed by atoms with Crippen molar-refractivity contribution in [3.8, 4) is 0 Å². The third-order valence-electron chi connectivity index (χ3n) is 4.11. The van der Waals surface area contributed by atoms with Crippen molar-refractivity contribution < 1.29 is 17.6 Å². The number of anilines is 1. The minimum Gasteiger partial charge on any atom is -0.466 e. The summed E-state index contributed by atoms with van der Waals surface area (Å²) in [6, 6.07) is 6.19. The van der Waals surface area contributed by atoms with E-state index in [0.717, 1.165) is 18.4 Å². The first kappa shape index (κ1) is 16.7. The second-order valence-electron chi connectivity index (χ2n) is 6.09. The Balaban J connectivity index is 1.75. The van der Waals surface area contributed by atoms with Gasteiger partial charge in [0.15, 0.2) is 0 Å². The first-order chi connectivity index (χ1) is 11.3. The van der Waals surface area contributed by atoms with Crippen molar-refractivity contribution in [3.63, 3.8) is 0 Å². The number of hydrogen-bond donors (Lipinski definition) is 2.